The third-order valence-corrected chi connectivity index (χ3v) is 6.78. The van der Waals surface area contributed by atoms with Crippen molar-refractivity contribution < 1.29 is 13.2 Å². The van der Waals surface area contributed by atoms with Crippen LogP contribution in [0, 0.1) is 0 Å². The van der Waals surface area contributed by atoms with Crippen LogP contribution in [0.25, 0.3) is 10.9 Å². The highest BCUT2D eigenvalue weighted by molar-refractivity contribution is 7.99. The lowest BCUT2D eigenvalue weighted by atomic mass is 10.2. The van der Waals surface area contributed by atoms with Crippen LogP contribution in [0.3, 0.4) is 0 Å². The lowest BCUT2D eigenvalue weighted by Crippen LogP contribution is -2.32. The summed E-state index contributed by atoms with van der Waals surface area (Å²) in [5.41, 5.74) is 1.07. The number of benzene rings is 2. The number of carbonyl (C=O) groups excluding carboxylic acids is 1. The zero-order valence-electron chi connectivity index (χ0n) is 13.0. The van der Waals surface area contributed by atoms with Gasteiger partial charge in [-0.2, -0.15) is 0 Å². The molecule has 0 spiro atoms. The molecule has 0 unspecified atom stereocenters. The smallest absolute Gasteiger partial charge is 0.268 e. The van der Waals surface area contributed by atoms with Gasteiger partial charge in [0.25, 0.3) is 15.9 Å². The highest BCUT2D eigenvalue weighted by atomic mass is 32.2. The second kappa shape index (κ2) is 6.12. The number of carbonyl (C=O) groups is 1. The van der Waals surface area contributed by atoms with Crippen LogP contribution in [0.5, 0.6) is 0 Å². The number of amides is 1. The van der Waals surface area contributed by atoms with E-state index >= 15 is 0 Å². The van der Waals surface area contributed by atoms with Gasteiger partial charge >= 0.3 is 0 Å². The minimum atomic E-state index is -3.75. The van der Waals surface area contributed by atoms with Crippen LogP contribution in [0.1, 0.15) is 10.4 Å². The van der Waals surface area contributed by atoms with Crippen LogP contribution in [-0.4, -0.2) is 40.9 Å². The highest BCUT2D eigenvalue weighted by Crippen LogP contribution is 2.31. The molecule has 2 aromatic carbocycles. The van der Waals surface area contributed by atoms with Gasteiger partial charge in [0.15, 0.2) is 0 Å². The molecule has 1 aliphatic heterocycles. The second-order valence-electron chi connectivity index (χ2n) is 5.42. The SMILES string of the molecule is O=C1c2ccccc2S(=O)(=O)N1CCSc1ncnc2ccccc12. The number of rotatable bonds is 4. The van der Waals surface area contributed by atoms with E-state index in [2.05, 4.69) is 9.97 Å². The number of para-hydroxylation sites is 1. The third kappa shape index (κ3) is 2.67. The normalized spacial score (nSPS) is 15.5. The van der Waals surface area contributed by atoms with Gasteiger partial charge in [-0.05, 0) is 18.2 Å². The summed E-state index contributed by atoms with van der Waals surface area (Å²) >= 11 is 1.41. The van der Waals surface area contributed by atoms with Crippen molar-refractivity contribution in [2.75, 3.05) is 12.3 Å². The van der Waals surface area contributed by atoms with Gasteiger partial charge in [-0.3, -0.25) is 4.79 Å². The molecule has 8 heteroatoms. The molecule has 0 atom stereocenters. The monoisotopic (exact) mass is 371 g/mol. The van der Waals surface area contributed by atoms with Gasteiger partial charge in [0.05, 0.1) is 11.1 Å². The van der Waals surface area contributed by atoms with E-state index in [1.807, 2.05) is 24.3 Å². The summed E-state index contributed by atoms with van der Waals surface area (Å²) in [5.74, 6) is -0.0521. The van der Waals surface area contributed by atoms with Crippen molar-refractivity contribution >= 4 is 38.6 Å². The first-order chi connectivity index (χ1) is 12.1. The summed E-state index contributed by atoms with van der Waals surface area (Å²) in [6.07, 6.45) is 1.48. The minimum Gasteiger partial charge on any atom is -0.268 e. The number of hydrogen-bond acceptors (Lipinski definition) is 6. The average Bonchev–Trinajstić information content (AvgIpc) is 2.83. The topological polar surface area (TPSA) is 80.2 Å². The van der Waals surface area contributed by atoms with Gasteiger partial charge in [0, 0.05) is 17.7 Å². The van der Waals surface area contributed by atoms with Crippen molar-refractivity contribution in [3.8, 4) is 0 Å². The molecule has 0 aliphatic carbocycles. The Kier molecular flexibility index (Phi) is 3.93. The maximum absolute atomic E-state index is 12.5. The molecule has 126 valence electrons. The Morgan fingerprint density at radius 2 is 1.76 bits per heavy atom. The fourth-order valence-electron chi connectivity index (χ4n) is 2.77. The largest absolute Gasteiger partial charge is 0.269 e. The molecule has 0 saturated heterocycles. The van der Waals surface area contributed by atoms with Crippen LogP contribution in [0.15, 0.2) is 64.8 Å². The fraction of sp³-hybridized carbons (Fsp3) is 0.118. The minimum absolute atomic E-state index is 0.0810. The summed E-state index contributed by atoms with van der Waals surface area (Å²) < 4.78 is 26.0. The highest BCUT2D eigenvalue weighted by Gasteiger charge is 2.40. The Balaban J connectivity index is 1.54. The molecule has 25 heavy (non-hydrogen) atoms. The average molecular weight is 371 g/mol. The van der Waals surface area contributed by atoms with Crippen molar-refractivity contribution in [2.24, 2.45) is 0 Å². The molecule has 0 saturated carbocycles. The van der Waals surface area contributed by atoms with Crippen LogP contribution in [-0.2, 0) is 10.0 Å². The van der Waals surface area contributed by atoms with Gasteiger partial charge in [-0.25, -0.2) is 22.7 Å². The number of hydrogen-bond donors (Lipinski definition) is 0. The molecule has 4 rings (SSSR count). The van der Waals surface area contributed by atoms with E-state index in [1.165, 1.54) is 24.2 Å². The van der Waals surface area contributed by atoms with Crippen molar-refractivity contribution in [3.05, 3.63) is 60.4 Å². The van der Waals surface area contributed by atoms with Crippen molar-refractivity contribution in [2.45, 2.75) is 9.92 Å². The summed E-state index contributed by atoms with van der Waals surface area (Å²) in [7, 11) is -3.75. The van der Waals surface area contributed by atoms with Crippen molar-refractivity contribution in [1.82, 2.24) is 14.3 Å². The molecule has 0 bridgehead atoms. The van der Waals surface area contributed by atoms with Gasteiger partial charge in [0.1, 0.15) is 16.2 Å². The number of aromatic nitrogens is 2. The Morgan fingerprint density at radius 1 is 1.00 bits per heavy atom. The van der Waals surface area contributed by atoms with E-state index < -0.39 is 15.9 Å². The maximum atomic E-state index is 12.5. The van der Waals surface area contributed by atoms with Crippen LogP contribution >= 0.6 is 11.8 Å². The Bertz CT molecular complexity index is 1080. The summed E-state index contributed by atoms with van der Waals surface area (Å²) in [5, 5.41) is 1.68. The second-order valence-corrected chi connectivity index (χ2v) is 8.34. The lowest BCUT2D eigenvalue weighted by Gasteiger charge is -2.14. The number of fused-ring (bicyclic) bond motifs is 2. The van der Waals surface area contributed by atoms with E-state index in [0.29, 0.717) is 5.75 Å². The van der Waals surface area contributed by atoms with Gasteiger partial charge in [-0.15, -0.1) is 11.8 Å². The van der Waals surface area contributed by atoms with Gasteiger partial charge in [-0.1, -0.05) is 30.3 Å². The summed E-state index contributed by atoms with van der Waals surface area (Å²) in [6, 6.07) is 13.9. The molecule has 3 aromatic rings. The Hall–Kier alpha value is -2.45. The summed E-state index contributed by atoms with van der Waals surface area (Å²) in [4.78, 5) is 20.9. The predicted molar refractivity (Wildman–Crippen MR) is 94.9 cm³/mol. The molecule has 1 aliphatic rings. The standard InChI is InChI=1S/C17H13N3O3S2/c21-17-13-6-2-4-8-15(13)25(22,23)20(17)9-10-24-16-12-5-1-3-7-14(12)18-11-19-16/h1-8,11H,9-10H2. The van der Waals surface area contributed by atoms with Crippen LogP contribution < -0.4 is 0 Å². The molecule has 1 amide bonds. The van der Waals surface area contributed by atoms with Crippen LogP contribution in [0.4, 0.5) is 0 Å². The molecule has 0 N–H and O–H groups in total. The first kappa shape index (κ1) is 16.0. The number of thioether (sulfide) groups is 1. The number of nitrogens with zero attached hydrogens (tertiary/aromatic N) is 3. The zero-order chi connectivity index (χ0) is 17.4. The van der Waals surface area contributed by atoms with Crippen molar-refractivity contribution in [1.29, 1.82) is 0 Å². The number of sulfonamides is 1. The van der Waals surface area contributed by atoms with E-state index in [-0.39, 0.29) is 17.0 Å². The van der Waals surface area contributed by atoms with E-state index in [9.17, 15) is 13.2 Å². The van der Waals surface area contributed by atoms with Crippen LogP contribution in [0.2, 0.25) is 0 Å². The molecule has 0 fully saturated rings. The predicted octanol–water partition coefficient (Wildman–Crippen LogP) is 2.57. The molecule has 6 nitrogen and oxygen atoms in total. The molecular weight excluding hydrogens is 358 g/mol. The fourth-order valence-corrected chi connectivity index (χ4v) is 5.37. The Morgan fingerprint density at radius 3 is 2.60 bits per heavy atom. The Labute approximate surface area is 149 Å². The maximum Gasteiger partial charge on any atom is 0.269 e. The van der Waals surface area contributed by atoms with E-state index in [0.717, 1.165) is 20.2 Å². The molecule has 2 heterocycles. The zero-order valence-corrected chi connectivity index (χ0v) is 14.6. The van der Waals surface area contributed by atoms with Gasteiger partial charge < -0.3 is 0 Å². The summed E-state index contributed by atoms with van der Waals surface area (Å²) in [6.45, 7) is 0.0961. The third-order valence-electron chi connectivity index (χ3n) is 3.95. The quantitative estimate of drug-likeness (QED) is 0.518. The van der Waals surface area contributed by atoms with E-state index in [4.69, 9.17) is 0 Å². The first-order valence-electron chi connectivity index (χ1n) is 7.58. The first-order valence-corrected chi connectivity index (χ1v) is 10.0. The molecule has 1 aromatic heterocycles. The van der Waals surface area contributed by atoms with Gasteiger partial charge in [0.2, 0.25) is 0 Å². The molecule has 0 radical (unpaired) electrons. The van der Waals surface area contributed by atoms with E-state index in [1.54, 1.807) is 18.2 Å². The van der Waals surface area contributed by atoms with Crippen molar-refractivity contribution in [3.63, 3.8) is 0 Å². The lowest BCUT2D eigenvalue weighted by molar-refractivity contribution is 0.0876. The molecular formula is C17H13N3O3S2.